The van der Waals surface area contributed by atoms with E-state index in [1.807, 2.05) is 31.2 Å². The summed E-state index contributed by atoms with van der Waals surface area (Å²) in [7, 11) is 0. The molecular weight excluding hydrogens is 346 g/mol. The van der Waals surface area contributed by atoms with Crippen LogP contribution in [0.2, 0.25) is 0 Å². The molecule has 0 fully saturated rings. The molecule has 0 aliphatic carbocycles. The second kappa shape index (κ2) is 6.27. The Hall–Kier alpha value is -2.21. The maximum atomic E-state index is 11.7. The maximum absolute atomic E-state index is 11.7. The SMILES string of the molecule is C[C@@H](c1ccc(Br)cc1)c1nc(Cn2ccccc2=O)no1. The zero-order valence-corrected chi connectivity index (χ0v) is 13.5. The van der Waals surface area contributed by atoms with Crippen molar-refractivity contribution in [3.05, 3.63) is 80.8 Å². The van der Waals surface area contributed by atoms with Crippen molar-refractivity contribution in [2.24, 2.45) is 0 Å². The number of halogens is 1. The second-order valence-electron chi connectivity index (χ2n) is 4.99. The predicted octanol–water partition coefficient (Wildman–Crippen LogP) is 3.19. The third-order valence-corrected chi connectivity index (χ3v) is 3.96. The lowest BCUT2D eigenvalue weighted by Gasteiger charge is -2.06. The molecule has 22 heavy (non-hydrogen) atoms. The zero-order valence-electron chi connectivity index (χ0n) is 11.9. The Morgan fingerprint density at radius 1 is 1.23 bits per heavy atom. The number of rotatable bonds is 4. The van der Waals surface area contributed by atoms with Crippen molar-refractivity contribution in [3.63, 3.8) is 0 Å². The largest absolute Gasteiger partial charge is 0.339 e. The Morgan fingerprint density at radius 2 is 2.00 bits per heavy atom. The van der Waals surface area contributed by atoms with Crippen LogP contribution in [-0.4, -0.2) is 14.7 Å². The van der Waals surface area contributed by atoms with E-state index < -0.39 is 0 Å². The molecule has 0 N–H and O–H groups in total. The lowest BCUT2D eigenvalue weighted by molar-refractivity contribution is 0.364. The summed E-state index contributed by atoms with van der Waals surface area (Å²) in [5.74, 6) is 1.04. The summed E-state index contributed by atoms with van der Waals surface area (Å²) in [5.41, 5.74) is 1.00. The van der Waals surface area contributed by atoms with Gasteiger partial charge in [0.1, 0.15) is 0 Å². The molecule has 0 saturated heterocycles. The van der Waals surface area contributed by atoms with Crippen molar-refractivity contribution in [3.8, 4) is 0 Å². The van der Waals surface area contributed by atoms with Gasteiger partial charge in [-0.3, -0.25) is 4.79 Å². The van der Waals surface area contributed by atoms with E-state index in [2.05, 4.69) is 26.1 Å². The van der Waals surface area contributed by atoms with Gasteiger partial charge in [0.15, 0.2) is 5.82 Å². The van der Waals surface area contributed by atoms with E-state index in [9.17, 15) is 4.79 Å². The first kappa shape index (κ1) is 14.7. The van der Waals surface area contributed by atoms with Gasteiger partial charge in [-0.25, -0.2) is 0 Å². The van der Waals surface area contributed by atoms with Crippen molar-refractivity contribution in [1.29, 1.82) is 0 Å². The van der Waals surface area contributed by atoms with Crippen LogP contribution in [0.15, 0.2) is 62.5 Å². The third kappa shape index (κ3) is 3.17. The Bertz CT molecular complexity index is 824. The molecule has 2 aromatic heterocycles. The van der Waals surface area contributed by atoms with E-state index in [4.69, 9.17) is 4.52 Å². The molecule has 2 heterocycles. The first-order chi connectivity index (χ1) is 10.6. The standard InChI is InChI=1S/C16H14BrN3O2/c1-11(12-5-7-13(17)8-6-12)16-18-14(19-22-16)10-20-9-3-2-4-15(20)21/h2-9,11H,10H2,1H3/t11-/m0/s1. The molecule has 3 aromatic rings. The quantitative estimate of drug-likeness (QED) is 0.717. The monoisotopic (exact) mass is 359 g/mol. The van der Waals surface area contributed by atoms with Gasteiger partial charge in [0.05, 0.1) is 12.5 Å². The lowest BCUT2D eigenvalue weighted by Crippen LogP contribution is -2.18. The van der Waals surface area contributed by atoms with Crippen molar-refractivity contribution < 1.29 is 4.52 Å². The van der Waals surface area contributed by atoms with Gasteiger partial charge in [-0.15, -0.1) is 0 Å². The van der Waals surface area contributed by atoms with E-state index in [-0.39, 0.29) is 11.5 Å². The molecule has 112 valence electrons. The topological polar surface area (TPSA) is 60.9 Å². The fourth-order valence-electron chi connectivity index (χ4n) is 2.15. The number of benzene rings is 1. The molecule has 0 spiro atoms. The van der Waals surface area contributed by atoms with Crippen LogP contribution in [0.25, 0.3) is 0 Å². The fourth-order valence-corrected chi connectivity index (χ4v) is 2.41. The van der Waals surface area contributed by atoms with Crippen LogP contribution in [0.1, 0.15) is 30.1 Å². The van der Waals surface area contributed by atoms with Crippen molar-refractivity contribution in [2.75, 3.05) is 0 Å². The smallest absolute Gasteiger partial charge is 0.250 e. The summed E-state index contributed by atoms with van der Waals surface area (Å²) < 4.78 is 7.90. The molecule has 1 aromatic carbocycles. The summed E-state index contributed by atoms with van der Waals surface area (Å²) in [5, 5.41) is 3.96. The highest BCUT2D eigenvalue weighted by atomic mass is 79.9. The molecule has 0 bridgehead atoms. The third-order valence-electron chi connectivity index (χ3n) is 3.43. The van der Waals surface area contributed by atoms with Crippen molar-refractivity contribution >= 4 is 15.9 Å². The Kier molecular flexibility index (Phi) is 4.20. The van der Waals surface area contributed by atoms with Gasteiger partial charge >= 0.3 is 0 Å². The Morgan fingerprint density at radius 3 is 2.73 bits per heavy atom. The maximum Gasteiger partial charge on any atom is 0.250 e. The summed E-state index contributed by atoms with van der Waals surface area (Å²) in [6.07, 6.45) is 1.70. The molecule has 0 aliphatic rings. The highest BCUT2D eigenvalue weighted by molar-refractivity contribution is 9.10. The average molecular weight is 360 g/mol. The summed E-state index contributed by atoms with van der Waals surface area (Å²) in [6.45, 7) is 2.31. The number of pyridine rings is 1. The minimum atomic E-state index is -0.0881. The zero-order chi connectivity index (χ0) is 15.5. The fraction of sp³-hybridized carbons (Fsp3) is 0.188. The van der Waals surface area contributed by atoms with Crippen LogP contribution in [-0.2, 0) is 6.54 Å². The first-order valence-corrected chi connectivity index (χ1v) is 7.66. The van der Waals surface area contributed by atoms with E-state index >= 15 is 0 Å². The number of hydrogen-bond donors (Lipinski definition) is 0. The summed E-state index contributed by atoms with van der Waals surface area (Å²) in [6, 6.07) is 13.0. The van der Waals surface area contributed by atoms with Crippen LogP contribution < -0.4 is 5.56 Å². The number of hydrogen-bond acceptors (Lipinski definition) is 4. The predicted molar refractivity (Wildman–Crippen MR) is 85.8 cm³/mol. The van der Waals surface area contributed by atoms with E-state index in [1.54, 1.807) is 22.9 Å². The highest BCUT2D eigenvalue weighted by Gasteiger charge is 2.16. The van der Waals surface area contributed by atoms with Gasteiger partial charge in [-0.05, 0) is 30.7 Å². The van der Waals surface area contributed by atoms with Crippen LogP contribution in [0.3, 0.4) is 0 Å². The molecular formula is C16H14BrN3O2. The highest BCUT2D eigenvalue weighted by Crippen LogP contribution is 2.24. The molecule has 0 saturated carbocycles. The number of nitrogens with zero attached hydrogens (tertiary/aromatic N) is 3. The van der Waals surface area contributed by atoms with Gasteiger partial charge in [-0.1, -0.05) is 39.3 Å². The van der Waals surface area contributed by atoms with Gasteiger partial charge in [-0.2, -0.15) is 4.98 Å². The van der Waals surface area contributed by atoms with E-state index in [1.165, 1.54) is 6.07 Å². The number of aromatic nitrogens is 3. The first-order valence-electron chi connectivity index (χ1n) is 6.87. The molecule has 0 radical (unpaired) electrons. The molecule has 0 amide bonds. The van der Waals surface area contributed by atoms with Gasteiger partial charge in [0.25, 0.3) is 5.56 Å². The Balaban J connectivity index is 1.80. The average Bonchev–Trinajstić information content (AvgIpc) is 2.98. The molecule has 1 atom stereocenters. The molecule has 0 unspecified atom stereocenters. The Labute approximate surface area is 135 Å². The van der Waals surface area contributed by atoms with E-state index in [0.29, 0.717) is 18.3 Å². The van der Waals surface area contributed by atoms with Gasteiger partial charge in [0.2, 0.25) is 5.89 Å². The van der Waals surface area contributed by atoms with Crippen LogP contribution in [0, 0.1) is 0 Å². The van der Waals surface area contributed by atoms with Gasteiger partial charge < -0.3 is 9.09 Å². The van der Waals surface area contributed by atoms with Crippen LogP contribution >= 0.6 is 15.9 Å². The summed E-state index contributed by atoms with van der Waals surface area (Å²) in [4.78, 5) is 16.1. The summed E-state index contributed by atoms with van der Waals surface area (Å²) >= 11 is 3.41. The minimum absolute atomic E-state index is 0.00171. The van der Waals surface area contributed by atoms with Crippen molar-refractivity contribution in [2.45, 2.75) is 19.4 Å². The molecule has 5 nitrogen and oxygen atoms in total. The normalized spacial score (nSPS) is 12.3. The lowest BCUT2D eigenvalue weighted by atomic mass is 10.0. The molecule has 3 rings (SSSR count). The molecule has 0 aliphatic heterocycles. The van der Waals surface area contributed by atoms with Crippen LogP contribution in [0.4, 0.5) is 0 Å². The van der Waals surface area contributed by atoms with E-state index in [0.717, 1.165) is 10.0 Å². The van der Waals surface area contributed by atoms with Crippen molar-refractivity contribution in [1.82, 2.24) is 14.7 Å². The van der Waals surface area contributed by atoms with Crippen LogP contribution in [0.5, 0.6) is 0 Å². The molecule has 6 heteroatoms. The second-order valence-corrected chi connectivity index (χ2v) is 5.90. The van der Waals surface area contributed by atoms with Gasteiger partial charge in [0, 0.05) is 16.7 Å². The minimum Gasteiger partial charge on any atom is -0.339 e.